The molecule has 0 radical (unpaired) electrons. The number of rotatable bonds is 12. The first kappa shape index (κ1) is 21.8. The third-order valence-electron chi connectivity index (χ3n) is 3.59. The van der Waals surface area contributed by atoms with Gasteiger partial charge in [-0.05, 0) is 6.42 Å². The summed E-state index contributed by atoms with van der Waals surface area (Å²) in [4.78, 5) is 7.92. The van der Waals surface area contributed by atoms with Crippen molar-refractivity contribution >= 4 is 0 Å². The molecule has 144 valence electrons. The molecule has 0 fully saturated rings. The van der Waals surface area contributed by atoms with Gasteiger partial charge in [0.25, 0.3) is 0 Å². The van der Waals surface area contributed by atoms with Crippen molar-refractivity contribution in [2.45, 2.75) is 43.4 Å². The minimum Gasteiger partial charge on any atom is -0.396 e. The lowest BCUT2D eigenvalue weighted by Crippen LogP contribution is -2.35. The molecule has 0 aromatic carbocycles. The number of hydrogen-bond donors (Lipinski definition) is 7. The van der Waals surface area contributed by atoms with E-state index in [2.05, 4.69) is 9.97 Å². The molecule has 1 aromatic heterocycles. The van der Waals surface area contributed by atoms with Gasteiger partial charge in [-0.15, -0.1) is 0 Å². The van der Waals surface area contributed by atoms with E-state index in [1.165, 1.54) is 12.4 Å². The van der Waals surface area contributed by atoms with Crippen LogP contribution in [0.4, 0.5) is 0 Å². The Hall–Kier alpha value is -1.24. The van der Waals surface area contributed by atoms with Crippen LogP contribution in [-0.2, 0) is 11.2 Å². The van der Waals surface area contributed by atoms with Crippen LogP contribution < -0.4 is 0 Å². The Kier molecular flexibility index (Phi) is 9.93. The third-order valence-corrected chi connectivity index (χ3v) is 3.59. The fraction of sp³-hybridized carbons (Fsp3) is 0.733. The van der Waals surface area contributed by atoms with Crippen molar-refractivity contribution in [2.24, 2.45) is 0 Å². The molecular formula is C15H26N2O8. The highest BCUT2D eigenvalue weighted by molar-refractivity contribution is 5.08. The van der Waals surface area contributed by atoms with E-state index in [1.807, 2.05) is 0 Å². The van der Waals surface area contributed by atoms with Crippen molar-refractivity contribution in [3.05, 3.63) is 23.8 Å². The summed E-state index contributed by atoms with van der Waals surface area (Å²) in [6.45, 7) is -0.974. The third kappa shape index (κ3) is 6.88. The minimum absolute atomic E-state index is 0.00357. The molecule has 0 amide bonds. The molecule has 1 aromatic rings. The molecule has 10 nitrogen and oxygen atoms in total. The van der Waals surface area contributed by atoms with Gasteiger partial charge in [-0.2, -0.15) is 0 Å². The number of aliphatic hydroxyl groups excluding tert-OH is 7. The number of ether oxygens (including phenoxy) is 1. The average molecular weight is 362 g/mol. The number of aromatic nitrogens is 2. The Bertz CT molecular complexity index is 475. The molecule has 1 rings (SSSR count). The molecule has 10 heteroatoms. The van der Waals surface area contributed by atoms with Gasteiger partial charge >= 0.3 is 0 Å². The number of nitrogens with zero attached hydrogens (tertiary/aromatic N) is 2. The maximum atomic E-state index is 10.1. The van der Waals surface area contributed by atoms with Gasteiger partial charge in [0.15, 0.2) is 0 Å². The zero-order chi connectivity index (χ0) is 18.8. The minimum atomic E-state index is -1.62. The molecule has 25 heavy (non-hydrogen) atoms. The van der Waals surface area contributed by atoms with E-state index < -0.39 is 43.7 Å². The molecule has 0 aliphatic carbocycles. The van der Waals surface area contributed by atoms with Crippen LogP contribution in [0, 0.1) is 0 Å². The largest absolute Gasteiger partial charge is 0.396 e. The van der Waals surface area contributed by atoms with Gasteiger partial charge in [0, 0.05) is 25.8 Å². The molecule has 0 saturated heterocycles. The molecule has 0 spiro atoms. The van der Waals surface area contributed by atoms with E-state index in [-0.39, 0.29) is 25.3 Å². The Morgan fingerprint density at radius 2 is 1.64 bits per heavy atom. The Morgan fingerprint density at radius 1 is 0.920 bits per heavy atom. The topological polar surface area (TPSA) is 177 Å². The molecule has 0 bridgehead atoms. The van der Waals surface area contributed by atoms with Crippen molar-refractivity contribution < 1.29 is 40.5 Å². The van der Waals surface area contributed by atoms with Gasteiger partial charge in [-0.25, -0.2) is 0 Å². The second kappa shape index (κ2) is 11.4. The van der Waals surface area contributed by atoms with Crippen LogP contribution in [0.2, 0.25) is 0 Å². The van der Waals surface area contributed by atoms with Gasteiger partial charge < -0.3 is 40.5 Å². The van der Waals surface area contributed by atoms with Crippen LogP contribution in [-0.4, -0.2) is 96.6 Å². The van der Waals surface area contributed by atoms with Crippen LogP contribution in [0.15, 0.2) is 12.4 Å². The monoisotopic (exact) mass is 362 g/mol. The first-order valence-electron chi connectivity index (χ1n) is 7.91. The van der Waals surface area contributed by atoms with E-state index in [4.69, 9.17) is 14.9 Å². The van der Waals surface area contributed by atoms with Gasteiger partial charge in [-0.3, -0.25) is 9.97 Å². The molecule has 7 N–H and O–H groups in total. The normalized spacial score (nSPS) is 17.7. The summed E-state index contributed by atoms with van der Waals surface area (Å²) in [5.41, 5.74) is 0.362. The lowest BCUT2D eigenvalue weighted by Gasteiger charge is -2.22. The molecule has 0 unspecified atom stereocenters. The maximum Gasteiger partial charge on any atom is 0.126 e. The van der Waals surface area contributed by atoms with E-state index in [1.54, 1.807) is 0 Å². The summed E-state index contributed by atoms with van der Waals surface area (Å²) in [7, 11) is 0. The fourth-order valence-corrected chi connectivity index (χ4v) is 2.05. The van der Waals surface area contributed by atoms with Crippen LogP contribution in [0.1, 0.15) is 23.9 Å². The number of hydrogen-bond acceptors (Lipinski definition) is 10. The second-order valence-corrected chi connectivity index (χ2v) is 5.56. The lowest BCUT2D eigenvalue weighted by molar-refractivity contribution is -0.0791. The van der Waals surface area contributed by atoms with Gasteiger partial charge in [0.1, 0.15) is 24.4 Å². The summed E-state index contributed by atoms with van der Waals surface area (Å²) < 4.78 is 5.27. The lowest BCUT2D eigenvalue weighted by atomic mass is 10.1. The van der Waals surface area contributed by atoms with Crippen LogP contribution in [0.5, 0.6) is 0 Å². The average Bonchev–Trinajstić information content (AvgIpc) is 2.63. The molecule has 1 heterocycles. The molecule has 0 aliphatic rings. The van der Waals surface area contributed by atoms with Crippen LogP contribution >= 0.6 is 0 Å². The summed E-state index contributed by atoms with van der Waals surface area (Å²) in [6, 6.07) is 0. The van der Waals surface area contributed by atoms with E-state index in [0.717, 1.165) is 0 Å². The van der Waals surface area contributed by atoms with Crippen molar-refractivity contribution in [3.63, 3.8) is 0 Å². The Morgan fingerprint density at radius 3 is 2.16 bits per heavy atom. The molecular weight excluding hydrogens is 336 g/mol. The summed E-state index contributed by atoms with van der Waals surface area (Å²) in [5.74, 6) is 0. The molecule has 0 saturated carbocycles. The standard InChI is InChI=1S/C15H26N2O8/c18-2-1-3-25-13(8-20)11(21)4-9-5-17-10(6-16-9)14(23)15(24)12(22)7-19/h5-6,11-15,18-24H,1-4,7-8H2/t11-,12+,13-,14+,15+/m0/s1. The smallest absolute Gasteiger partial charge is 0.126 e. The maximum absolute atomic E-state index is 10.1. The zero-order valence-electron chi connectivity index (χ0n) is 13.7. The van der Waals surface area contributed by atoms with Crippen LogP contribution in [0.25, 0.3) is 0 Å². The molecule has 0 aliphatic heterocycles. The SMILES string of the molecule is OCCCO[C@@H](CO)[C@@H](O)Cc1cnc([C@@H](O)[C@H](O)[C@H](O)CO)cn1. The van der Waals surface area contributed by atoms with Crippen molar-refractivity contribution in [1.82, 2.24) is 9.97 Å². The quantitative estimate of drug-likeness (QED) is 0.188. The van der Waals surface area contributed by atoms with E-state index >= 15 is 0 Å². The van der Waals surface area contributed by atoms with Crippen molar-refractivity contribution in [2.75, 3.05) is 26.4 Å². The summed E-state index contributed by atoms with van der Waals surface area (Å²) in [5, 5.41) is 65.6. The highest BCUT2D eigenvalue weighted by Crippen LogP contribution is 2.17. The molecule has 5 atom stereocenters. The summed E-state index contributed by atoms with van der Waals surface area (Å²) in [6.07, 6.45) is -3.65. The van der Waals surface area contributed by atoms with Crippen LogP contribution in [0.3, 0.4) is 0 Å². The van der Waals surface area contributed by atoms with Gasteiger partial charge in [0.05, 0.1) is 36.9 Å². The Labute approximate surface area is 145 Å². The fourth-order valence-electron chi connectivity index (χ4n) is 2.05. The van der Waals surface area contributed by atoms with E-state index in [0.29, 0.717) is 12.1 Å². The highest BCUT2D eigenvalue weighted by atomic mass is 16.5. The predicted octanol–water partition coefficient (Wildman–Crippen LogP) is -3.11. The van der Waals surface area contributed by atoms with Gasteiger partial charge in [-0.1, -0.05) is 0 Å². The first-order valence-corrected chi connectivity index (χ1v) is 7.91. The number of aliphatic hydroxyl groups is 7. The highest BCUT2D eigenvalue weighted by Gasteiger charge is 2.27. The first-order chi connectivity index (χ1) is 11.9. The van der Waals surface area contributed by atoms with E-state index in [9.17, 15) is 25.5 Å². The summed E-state index contributed by atoms with van der Waals surface area (Å²) >= 11 is 0. The van der Waals surface area contributed by atoms with Crippen molar-refractivity contribution in [3.8, 4) is 0 Å². The predicted molar refractivity (Wildman–Crippen MR) is 84.3 cm³/mol. The van der Waals surface area contributed by atoms with Crippen molar-refractivity contribution in [1.29, 1.82) is 0 Å². The van der Waals surface area contributed by atoms with Gasteiger partial charge in [0.2, 0.25) is 0 Å². The second-order valence-electron chi connectivity index (χ2n) is 5.56. The Balaban J connectivity index is 2.63. The zero-order valence-corrected chi connectivity index (χ0v) is 13.7.